The Hall–Kier alpha value is -1.87. The van der Waals surface area contributed by atoms with Gasteiger partial charge >= 0.3 is 0 Å². The summed E-state index contributed by atoms with van der Waals surface area (Å²) in [6.07, 6.45) is 5.90. The summed E-state index contributed by atoms with van der Waals surface area (Å²) in [5, 5.41) is 6.98. The minimum Gasteiger partial charge on any atom is -0.382 e. The number of pyridine rings is 1. The lowest BCUT2D eigenvalue weighted by Gasteiger charge is -2.07. The quantitative estimate of drug-likeness (QED) is 0.818. The minimum absolute atomic E-state index is 0.574. The minimum atomic E-state index is 0.574. The van der Waals surface area contributed by atoms with E-state index in [0.717, 1.165) is 25.9 Å². The van der Waals surface area contributed by atoms with Crippen molar-refractivity contribution in [1.29, 1.82) is 0 Å². The van der Waals surface area contributed by atoms with Gasteiger partial charge < -0.3 is 10.6 Å². The van der Waals surface area contributed by atoms with E-state index in [4.69, 9.17) is 0 Å². The number of nitrogens with one attached hydrogen (secondary N) is 2. The number of hydrogen-bond donors (Lipinski definition) is 2. The number of anilines is 1. The summed E-state index contributed by atoms with van der Waals surface area (Å²) >= 11 is 0. The smallest absolute Gasteiger partial charge is 0.0375 e. The molecule has 1 aliphatic rings. The highest BCUT2D eigenvalue weighted by atomic mass is 14.9. The lowest BCUT2D eigenvalue weighted by atomic mass is 10.0. The third-order valence-electron chi connectivity index (χ3n) is 3.77. The Bertz CT molecular complexity index is 566. The molecule has 3 nitrogen and oxygen atoms in total. The predicted molar refractivity (Wildman–Crippen MR) is 82.9 cm³/mol. The topological polar surface area (TPSA) is 37.0 Å². The lowest BCUT2D eigenvalue weighted by molar-refractivity contribution is 0.686. The van der Waals surface area contributed by atoms with Gasteiger partial charge in [0, 0.05) is 30.7 Å². The molecule has 0 aliphatic carbocycles. The number of hydrogen-bond acceptors (Lipinski definition) is 3. The normalized spacial score (nSPS) is 16.8. The summed E-state index contributed by atoms with van der Waals surface area (Å²) in [7, 11) is 0. The van der Waals surface area contributed by atoms with Crippen molar-refractivity contribution in [2.24, 2.45) is 0 Å². The molecule has 104 valence electrons. The molecule has 1 unspecified atom stereocenters. The third kappa shape index (κ3) is 3.17. The molecule has 0 saturated carbocycles. The average Bonchev–Trinajstić information content (AvgIpc) is 2.84. The SMILES string of the molecule is CC1Cc2cc(CCNCc3ccncc3)ccc2N1. The molecule has 1 aliphatic heterocycles. The number of aromatic nitrogens is 1. The van der Waals surface area contributed by atoms with Crippen molar-refractivity contribution < 1.29 is 0 Å². The van der Waals surface area contributed by atoms with Gasteiger partial charge in [0.2, 0.25) is 0 Å². The van der Waals surface area contributed by atoms with E-state index >= 15 is 0 Å². The van der Waals surface area contributed by atoms with Gasteiger partial charge in [-0.05, 0) is 61.2 Å². The molecule has 0 fully saturated rings. The van der Waals surface area contributed by atoms with Crippen molar-refractivity contribution >= 4 is 5.69 Å². The zero-order chi connectivity index (χ0) is 13.8. The first kappa shape index (κ1) is 13.1. The van der Waals surface area contributed by atoms with Crippen LogP contribution in [0, 0.1) is 0 Å². The Morgan fingerprint density at radius 2 is 2.05 bits per heavy atom. The van der Waals surface area contributed by atoms with Gasteiger partial charge in [-0.1, -0.05) is 12.1 Å². The summed E-state index contributed by atoms with van der Waals surface area (Å²) in [6, 6.07) is 11.5. The average molecular weight is 267 g/mol. The van der Waals surface area contributed by atoms with Crippen LogP contribution in [0.15, 0.2) is 42.7 Å². The predicted octanol–water partition coefficient (Wildman–Crippen LogP) is 2.77. The molecule has 3 rings (SSSR count). The maximum absolute atomic E-state index is 4.03. The zero-order valence-electron chi connectivity index (χ0n) is 11.9. The van der Waals surface area contributed by atoms with Gasteiger partial charge in [0.15, 0.2) is 0 Å². The molecule has 0 bridgehead atoms. The van der Waals surface area contributed by atoms with Crippen LogP contribution in [0.25, 0.3) is 0 Å². The van der Waals surface area contributed by atoms with Crippen LogP contribution in [0.2, 0.25) is 0 Å². The number of nitrogens with zero attached hydrogens (tertiary/aromatic N) is 1. The Morgan fingerprint density at radius 1 is 1.20 bits per heavy atom. The molecule has 0 spiro atoms. The Morgan fingerprint density at radius 3 is 2.90 bits per heavy atom. The second-order valence-corrected chi connectivity index (χ2v) is 5.52. The van der Waals surface area contributed by atoms with E-state index in [2.05, 4.69) is 52.9 Å². The van der Waals surface area contributed by atoms with Gasteiger partial charge in [0.1, 0.15) is 0 Å². The Labute approximate surface area is 120 Å². The molecule has 0 saturated heterocycles. The highest BCUT2D eigenvalue weighted by molar-refractivity contribution is 5.57. The van der Waals surface area contributed by atoms with Crippen molar-refractivity contribution in [3.05, 3.63) is 59.4 Å². The van der Waals surface area contributed by atoms with Crippen LogP contribution in [0.5, 0.6) is 0 Å². The van der Waals surface area contributed by atoms with Gasteiger partial charge in [-0.25, -0.2) is 0 Å². The summed E-state index contributed by atoms with van der Waals surface area (Å²) in [5.74, 6) is 0. The number of rotatable bonds is 5. The van der Waals surface area contributed by atoms with E-state index in [0.29, 0.717) is 6.04 Å². The first-order valence-corrected chi connectivity index (χ1v) is 7.29. The Kier molecular flexibility index (Phi) is 3.97. The van der Waals surface area contributed by atoms with Crippen LogP contribution >= 0.6 is 0 Å². The molecule has 2 aromatic rings. The molecule has 3 heteroatoms. The largest absolute Gasteiger partial charge is 0.382 e. The van der Waals surface area contributed by atoms with Gasteiger partial charge in [0.05, 0.1) is 0 Å². The summed E-state index contributed by atoms with van der Waals surface area (Å²) in [5.41, 5.74) is 5.48. The maximum Gasteiger partial charge on any atom is 0.0375 e. The first-order chi connectivity index (χ1) is 9.81. The molecule has 1 atom stereocenters. The maximum atomic E-state index is 4.03. The van der Waals surface area contributed by atoms with Crippen LogP contribution in [0.3, 0.4) is 0 Å². The second kappa shape index (κ2) is 6.06. The van der Waals surface area contributed by atoms with Gasteiger partial charge in [-0.15, -0.1) is 0 Å². The summed E-state index contributed by atoms with van der Waals surface area (Å²) < 4.78 is 0. The van der Waals surface area contributed by atoms with Crippen LogP contribution < -0.4 is 10.6 Å². The monoisotopic (exact) mass is 267 g/mol. The molecule has 1 aromatic carbocycles. The van der Waals surface area contributed by atoms with Crippen molar-refractivity contribution in [2.45, 2.75) is 32.4 Å². The molecule has 1 aromatic heterocycles. The highest BCUT2D eigenvalue weighted by Gasteiger charge is 2.16. The van der Waals surface area contributed by atoms with E-state index in [1.54, 1.807) is 0 Å². The van der Waals surface area contributed by atoms with E-state index in [1.807, 2.05) is 12.4 Å². The third-order valence-corrected chi connectivity index (χ3v) is 3.77. The molecule has 0 radical (unpaired) electrons. The van der Waals surface area contributed by atoms with Crippen LogP contribution in [0.4, 0.5) is 5.69 Å². The Balaban J connectivity index is 1.49. The van der Waals surface area contributed by atoms with Crippen molar-refractivity contribution in [3.63, 3.8) is 0 Å². The summed E-state index contributed by atoms with van der Waals surface area (Å²) in [4.78, 5) is 4.03. The van der Waals surface area contributed by atoms with Crippen LogP contribution in [0.1, 0.15) is 23.6 Å². The van der Waals surface area contributed by atoms with E-state index in [9.17, 15) is 0 Å². The fourth-order valence-electron chi connectivity index (χ4n) is 2.72. The summed E-state index contributed by atoms with van der Waals surface area (Å²) in [6.45, 7) is 4.14. The van der Waals surface area contributed by atoms with E-state index < -0.39 is 0 Å². The second-order valence-electron chi connectivity index (χ2n) is 5.52. The first-order valence-electron chi connectivity index (χ1n) is 7.29. The number of fused-ring (bicyclic) bond motifs is 1. The zero-order valence-corrected chi connectivity index (χ0v) is 11.9. The molecule has 20 heavy (non-hydrogen) atoms. The highest BCUT2D eigenvalue weighted by Crippen LogP contribution is 2.26. The van der Waals surface area contributed by atoms with Gasteiger partial charge in [-0.2, -0.15) is 0 Å². The van der Waals surface area contributed by atoms with Crippen molar-refractivity contribution in [2.75, 3.05) is 11.9 Å². The fraction of sp³-hybridized carbons (Fsp3) is 0.353. The van der Waals surface area contributed by atoms with Crippen LogP contribution in [-0.4, -0.2) is 17.6 Å². The standard InChI is InChI=1S/C17H21N3/c1-13-10-16-11-14(2-3-17(16)20-13)4-9-19-12-15-5-7-18-8-6-15/h2-3,5-8,11,13,19-20H,4,9-10,12H2,1H3. The number of benzene rings is 1. The van der Waals surface area contributed by atoms with Gasteiger partial charge in [-0.3, -0.25) is 4.98 Å². The molecular weight excluding hydrogens is 246 g/mol. The fourth-order valence-corrected chi connectivity index (χ4v) is 2.72. The molecule has 2 heterocycles. The lowest BCUT2D eigenvalue weighted by Crippen LogP contribution is -2.16. The van der Waals surface area contributed by atoms with Crippen LogP contribution in [-0.2, 0) is 19.4 Å². The van der Waals surface area contributed by atoms with Gasteiger partial charge in [0.25, 0.3) is 0 Å². The van der Waals surface area contributed by atoms with Crippen molar-refractivity contribution in [3.8, 4) is 0 Å². The van der Waals surface area contributed by atoms with E-state index in [-0.39, 0.29) is 0 Å². The van der Waals surface area contributed by atoms with E-state index in [1.165, 1.54) is 22.4 Å². The molecule has 2 N–H and O–H groups in total. The molecule has 0 amide bonds. The van der Waals surface area contributed by atoms with Crippen molar-refractivity contribution in [1.82, 2.24) is 10.3 Å². The molecular formula is C17H21N3.